The van der Waals surface area contributed by atoms with Gasteiger partial charge in [0, 0.05) is 9.85 Å². The molecule has 0 radical (unpaired) electrons. The lowest BCUT2D eigenvalue weighted by Crippen LogP contribution is -2.12. The molecule has 2 rings (SSSR count). The number of nitrogens with one attached hydrogen (secondary N) is 1. The molecule has 0 aliphatic heterocycles. The molecule has 3 nitrogen and oxygen atoms in total. The number of benzene rings is 1. The van der Waals surface area contributed by atoms with E-state index in [2.05, 4.69) is 26.2 Å². The second kappa shape index (κ2) is 5.77. The zero-order chi connectivity index (χ0) is 13.1. The standard InChI is InChI=1S/C11H7BrClFN2OS/c12-9-3-6(14)1-2-8(9)10(17)16-11-15-7(4-13)5-18-11/h1-3,5H,4H2,(H,15,16,17). The van der Waals surface area contributed by atoms with E-state index < -0.39 is 5.82 Å². The minimum absolute atomic E-state index is 0.298. The van der Waals surface area contributed by atoms with E-state index in [0.717, 1.165) is 0 Å². The van der Waals surface area contributed by atoms with Gasteiger partial charge in [-0.25, -0.2) is 9.37 Å². The van der Waals surface area contributed by atoms with Crippen molar-refractivity contribution in [2.75, 3.05) is 5.32 Å². The van der Waals surface area contributed by atoms with E-state index in [1.54, 1.807) is 5.38 Å². The molecule has 0 saturated heterocycles. The molecule has 18 heavy (non-hydrogen) atoms. The van der Waals surface area contributed by atoms with Crippen molar-refractivity contribution in [3.63, 3.8) is 0 Å². The van der Waals surface area contributed by atoms with E-state index in [1.807, 2.05) is 0 Å². The van der Waals surface area contributed by atoms with Gasteiger partial charge in [0.15, 0.2) is 5.13 Å². The summed E-state index contributed by atoms with van der Waals surface area (Å²) >= 11 is 10.0. The van der Waals surface area contributed by atoms with Gasteiger partial charge in [-0.2, -0.15) is 0 Å². The topological polar surface area (TPSA) is 42.0 Å². The third-order valence-electron chi connectivity index (χ3n) is 2.08. The molecule has 0 bridgehead atoms. The third kappa shape index (κ3) is 3.07. The van der Waals surface area contributed by atoms with Crippen LogP contribution in [0.5, 0.6) is 0 Å². The molecule has 0 atom stereocenters. The number of anilines is 1. The van der Waals surface area contributed by atoms with Crippen LogP contribution in [0, 0.1) is 5.82 Å². The van der Waals surface area contributed by atoms with Gasteiger partial charge in [0.1, 0.15) is 5.82 Å². The summed E-state index contributed by atoms with van der Waals surface area (Å²) in [5.74, 6) is -0.457. The fourth-order valence-electron chi connectivity index (χ4n) is 1.26. The first-order valence-electron chi connectivity index (χ1n) is 4.87. The lowest BCUT2D eigenvalue weighted by Gasteiger charge is -2.04. The summed E-state index contributed by atoms with van der Waals surface area (Å²) < 4.78 is 13.3. The highest BCUT2D eigenvalue weighted by Crippen LogP contribution is 2.21. The first-order chi connectivity index (χ1) is 8.60. The van der Waals surface area contributed by atoms with Crippen molar-refractivity contribution < 1.29 is 9.18 Å². The maximum atomic E-state index is 12.9. The molecular weight excluding hydrogens is 343 g/mol. The molecule has 0 spiro atoms. The Morgan fingerprint density at radius 2 is 2.33 bits per heavy atom. The number of nitrogens with zero attached hydrogens (tertiary/aromatic N) is 1. The van der Waals surface area contributed by atoms with E-state index in [0.29, 0.717) is 26.7 Å². The lowest BCUT2D eigenvalue weighted by atomic mass is 10.2. The summed E-state index contributed by atoms with van der Waals surface area (Å²) in [6.45, 7) is 0. The number of halogens is 3. The van der Waals surface area contributed by atoms with Gasteiger partial charge >= 0.3 is 0 Å². The minimum atomic E-state index is -0.405. The van der Waals surface area contributed by atoms with Crippen LogP contribution in [0.2, 0.25) is 0 Å². The predicted molar refractivity (Wildman–Crippen MR) is 73.7 cm³/mol. The zero-order valence-electron chi connectivity index (χ0n) is 8.91. The van der Waals surface area contributed by atoms with Crippen molar-refractivity contribution in [3.8, 4) is 0 Å². The highest BCUT2D eigenvalue weighted by molar-refractivity contribution is 9.10. The first kappa shape index (κ1) is 13.5. The van der Waals surface area contributed by atoms with Crippen molar-refractivity contribution in [2.24, 2.45) is 0 Å². The Balaban J connectivity index is 2.16. The van der Waals surface area contributed by atoms with Crippen LogP contribution in [-0.2, 0) is 5.88 Å². The fourth-order valence-corrected chi connectivity index (χ4v) is 2.73. The van der Waals surface area contributed by atoms with Crippen LogP contribution in [-0.4, -0.2) is 10.9 Å². The largest absolute Gasteiger partial charge is 0.298 e. The molecule has 1 heterocycles. The van der Waals surface area contributed by atoms with Crippen LogP contribution in [0.15, 0.2) is 28.1 Å². The second-order valence-electron chi connectivity index (χ2n) is 3.36. The van der Waals surface area contributed by atoms with Crippen LogP contribution < -0.4 is 5.32 Å². The van der Waals surface area contributed by atoms with Gasteiger partial charge in [-0.1, -0.05) is 0 Å². The predicted octanol–water partition coefficient (Wildman–Crippen LogP) is 4.04. The molecule has 1 amide bonds. The Morgan fingerprint density at radius 3 is 2.94 bits per heavy atom. The van der Waals surface area contributed by atoms with E-state index in [9.17, 15) is 9.18 Å². The summed E-state index contributed by atoms with van der Waals surface area (Å²) in [5, 5.41) is 4.86. The summed E-state index contributed by atoms with van der Waals surface area (Å²) in [7, 11) is 0. The van der Waals surface area contributed by atoms with Crippen LogP contribution in [0.3, 0.4) is 0 Å². The minimum Gasteiger partial charge on any atom is -0.298 e. The molecule has 2 aromatic rings. The van der Waals surface area contributed by atoms with Gasteiger partial charge in [-0.15, -0.1) is 22.9 Å². The molecule has 1 aromatic carbocycles. The Kier molecular flexibility index (Phi) is 4.31. The summed E-state index contributed by atoms with van der Waals surface area (Å²) in [5.41, 5.74) is 1.05. The maximum absolute atomic E-state index is 12.9. The molecule has 1 N–H and O–H groups in total. The Morgan fingerprint density at radius 1 is 1.56 bits per heavy atom. The number of alkyl halides is 1. The Labute approximate surface area is 120 Å². The maximum Gasteiger partial charge on any atom is 0.258 e. The normalized spacial score (nSPS) is 10.4. The van der Waals surface area contributed by atoms with Crippen molar-refractivity contribution in [1.82, 2.24) is 4.98 Å². The van der Waals surface area contributed by atoms with Crippen LogP contribution in [0.25, 0.3) is 0 Å². The van der Waals surface area contributed by atoms with E-state index >= 15 is 0 Å². The summed E-state index contributed by atoms with van der Waals surface area (Å²) in [6.07, 6.45) is 0. The Hall–Kier alpha value is -0.980. The SMILES string of the molecule is O=C(Nc1nc(CCl)cs1)c1ccc(F)cc1Br. The number of rotatable bonds is 3. The molecule has 0 aliphatic rings. The van der Waals surface area contributed by atoms with Crippen LogP contribution >= 0.6 is 38.9 Å². The number of hydrogen-bond acceptors (Lipinski definition) is 3. The zero-order valence-corrected chi connectivity index (χ0v) is 12.1. The van der Waals surface area contributed by atoms with Gasteiger partial charge in [0.05, 0.1) is 17.1 Å². The quantitative estimate of drug-likeness (QED) is 0.850. The molecule has 0 aliphatic carbocycles. The third-order valence-corrected chi connectivity index (χ3v) is 3.82. The summed E-state index contributed by atoms with van der Waals surface area (Å²) in [4.78, 5) is 16.0. The summed E-state index contributed by atoms with van der Waals surface area (Å²) in [6, 6.07) is 3.87. The molecule has 0 saturated carbocycles. The van der Waals surface area contributed by atoms with Crippen LogP contribution in [0.1, 0.15) is 16.1 Å². The van der Waals surface area contributed by atoms with Gasteiger partial charge in [-0.05, 0) is 34.1 Å². The van der Waals surface area contributed by atoms with Gasteiger partial charge < -0.3 is 0 Å². The average Bonchev–Trinajstić information content (AvgIpc) is 2.76. The van der Waals surface area contributed by atoms with Crippen molar-refractivity contribution in [3.05, 3.63) is 45.1 Å². The van der Waals surface area contributed by atoms with E-state index in [4.69, 9.17) is 11.6 Å². The van der Waals surface area contributed by atoms with E-state index in [1.165, 1.54) is 29.5 Å². The fraction of sp³-hybridized carbons (Fsp3) is 0.0909. The monoisotopic (exact) mass is 348 g/mol. The lowest BCUT2D eigenvalue weighted by molar-refractivity contribution is 0.102. The van der Waals surface area contributed by atoms with Gasteiger partial charge in [-0.3, -0.25) is 10.1 Å². The van der Waals surface area contributed by atoms with Crippen LogP contribution in [0.4, 0.5) is 9.52 Å². The van der Waals surface area contributed by atoms with Crippen molar-refractivity contribution >= 4 is 49.9 Å². The van der Waals surface area contributed by atoms with Gasteiger partial charge in [0.25, 0.3) is 5.91 Å². The number of carbonyl (C=O) groups excluding carboxylic acids is 1. The molecule has 1 aromatic heterocycles. The smallest absolute Gasteiger partial charge is 0.258 e. The molecule has 94 valence electrons. The highest BCUT2D eigenvalue weighted by atomic mass is 79.9. The molecule has 0 fully saturated rings. The number of carbonyl (C=O) groups is 1. The van der Waals surface area contributed by atoms with Crippen molar-refractivity contribution in [2.45, 2.75) is 5.88 Å². The average molecular weight is 350 g/mol. The molecule has 7 heteroatoms. The second-order valence-corrected chi connectivity index (χ2v) is 5.34. The first-order valence-corrected chi connectivity index (χ1v) is 7.07. The highest BCUT2D eigenvalue weighted by Gasteiger charge is 2.12. The van der Waals surface area contributed by atoms with Gasteiger partial charge in [0.2, 0.25) is 0 Å². The number of aromatic nitrogens is 1. The number of hydrogen-bond donors (Lipinski definition) is 1. The molecule has 0 unspecified atom stereocenters. The van der Waals surface area contributed by atoms with Crippen molar-refractivity contribution in [1.29, 1.82) is 0 Å². The number of thiazole rings is 1. The number of amides is 1. The Bertz CT molecular complexity index is 590. The van der Waals surface area contributed by atoms with E-state index in [-0.39, 0.29) is 5.91 Å². The molecular formula is C11H7BrClFN2OS.